The Labute approximate surface area is 335 Å². The van der Waals surface area contributed by atoms with E-state index < -0.39 is 6.10 Å². The summed E-state index contributed by atoms with van der Waals surface area (Å²) in [5, 5.41) is 10.8. The molecule has 5 rings (SSSR count). The van der Waals surface area contributed by atoms with Gasteiger partial charge in [0.25, 0.3) is 0 Å². The number of rotatable bonds is 20. The van der Waals surface area contributed by atoms with Crippen molar-refractivity contribution in [3.63, 3.8) is 0 Å². The molecule has 5 saturated carbocycles. The molecule has 0 aromatic carbocycles. The predicted molar refractivity (Wildman–Crippen MR) is 229 cm³/mol. The summed E-state index contributed by atoms with van der Waals surface area (Å²) in [4.78, 5) is 13.3. The largest absolute Gasteiger partial charge is 0.462 e. The van der Waals surface area contributed by atoms with E-state index in [1.54, 1.807) is 0 Å². The van der Waals surface area contributed by atoms with Crippen LogP contribution in [0.1, 0.15) is 236 Å². The van der Waals surface area contributed by atoms with Crippen molar-refractivity contribution in [1.82, 2.24) is 0 Å². The van der Waals surface area contributed by atoms with E-state index in [2.05, 4.69) is 68.9 Å². The number of unbranched alkanes of at least 4 members (excludes halogenated alkanes) is 14. The SMILES string of the molecule is C=C(C)[C@@H]1CC[C@]2(C)CC[C@]3(C)[C@](C)(CCC4[C@@]5(C)CC[C@H](OC(=O)CC(O)CCCCCCCCCCCCCCCCC)C(C)(C)C5CC[C@]43C)C12. The zero-order valence-electron chi connectivity index (χ0n) is 37.5. The van der Waals surface area contributed by atoms with Gasteiger partial charge in [-0.3, -0.25) is 4.79 Å². The van der Waals surface area contributed by atoms with Crippen molar-refractivity contribution in [1.29, 1.82) is 0 Å². The maximum atomic E-state index is 13.3. The van der Waals surface area contributed by atoms with Gasteiger partial charge in [0.2, 0.25) is 0 Å². The molecule has 312 valence electrons. The molecule has 0 heterocycles. The minimum absolute atomic E-state index is 0.0555. The molecule has 3 nitrogen and oxygen atoms in total. The Balaban J connectivity index is 1.06. The van der Waals surface area contributed by atoms with Crippen LogP contribution in [0.5, 0.6) is 0 Å². The highest BCUT2D eigenvalue weighted by molar-refractivity contribution is 5.70. The van der Waals surface area contributed by atoms with Crippen LogP contribution in [0.2, 0.25) is 0 Å². The van der Waals surface area contributed by atoms with Gasteiger partial charge >= 0.3 is 5.97 Å². The Bertz CT molecular complexity index is 1240. The fourth-order valence-electron chi connectivity index (χ4n) is 15.6. The highest BCUT2D eigenvalue weighted by Gasteiger charge is 2.74. The molecule has 5 fully saturated rings. The van der Waals surface area contributed by atoms with Gasteiger partial charge in [-0.05, 0) is 128 Å². The van der Waals surface area contributed by atoms with Crippen LogP contribution < -0.4 is 0 Å². The monoisotopic (exact) mass is 751 g/mol. The third-order valence-electron chi connectivity index (χ3n) is 19.0. The molecule has 0 aliphatic heterocycles. The van der Waals surface area contributed by atoms with E-state index in [4.69, 9.17) is 4.74 Å². The lowest BCUT2D eigenvalue weighted by Crippen LogP contribution is -2.69. The second kappa shape index (κ2) is 18.0. The van der Waals surface area contributed by atoms with Gasteiger partial charge in [-0.25, -0.2) is 0 Å². The highest BCUT2D eigenvalue weighted by Crippen LogP contribution is 2.81. The number of esters is 1. The van der Waals surface area contributed by atoms with Gasteiger partial charge in [0.15, 0.2) is 0 Å². The van der Waals surface area contributed by atoms with Gasteiger partial charge in [-0.15, -0.1) is 0 Å². The molecule has 3 heteroatoms. The van der Waals surface area contributed by atoms with E-state index in [0.717, 1.165) is 31.6 Å². The van der Waals surface area contributed by atoms with Crippen LogP contribution in [0.15, 0.2) is 12.2 Å². The molecular formula is C51H90O3. The second-order valence-corrected chi connectivity index (χ2v) is 22.4. The number of allylic oxidation sites excluding steroid dienone is 1. The zero-order chi connectivity index (χ0) is 39.4. The number of hydrogen-bond donors (Lipinski definition) is 1. The van der Waals surface area contributed by atoms with Crippen LogP contribution in [0.4, 0.5) is 0 Å². The first-order valence-corrected chi connectivity index (χ1v) is 24.0. The molecule has 0 aromatic rings. The summed E-state index contributed by atoms with van der Waals surface area (Å²) in [6.45, 7) is 27.5. The molecule has 54 heavy (non-hydrogen) atoms. The van der Waals surface area contributed by atoms with E-state index in [9.17, 15) is 9.90 Å². The Hall–Kier alpha value is -0.830. The smallest absolute Gasteiger partial charge is 0.308 e. The zero-order valence-corrected chi connectivity index (χ0v) is 37.5. The standard InChI is InChI=1S/C51H90O3/c1-11-12-13-14-15-16-17-18-19-20-21-22-23-24-25-26-39(52)37-44(53)54-43-30-32-48(7)41(46(43,4)5)28-33-49(8)42(48)29-34-50(9)45-40(38(2)3)27-31-47(45,6)35-36-51(49,50)10/h39-43,45,52H,2,11-37H2,1,3-10H3/t39?,40-,41?,42?,43-,45?,47+,48-,49+,50+,51-/m0/s1. The predicted octanol–water partition coefficient (Wildman–Crippen LogP) is 15.0. The van der Waals surface area contributed by atoms with Gasteiger partial charge < -0.3 is 9.84 Å². The van der Waals surface area contributed by atoms with E-state index >= 15 is 0 Å². The van der Waals surface area contributed by atoms with Crippen molar-refractivity contribution < 1.29 is 14.6 Å². The van der Waals surface area contributed by atoms with Crippen LogP contribution in [0.25, 0.3) is 0 Å². The van der Waals surface area contributed by atoms with Crippen molar-refractivity contribution in [2.45, 2.75) is 248 Å². The molecule has 4 unspecified atom stereocenters. The summed E-state index contributed by atoms with van der Waals surface area (Å²) in [7, 11) is 0. The maximum absolute atomic E-state index is 13.3. The van der Waals surface area contributed by atoms with Crippen LogP contribution in [-0.4, -0.2) is 23.3 Å². The van der Waals surface area contributed by atoms with Crippen LogP contribution >= 0.6 is 0 Å². The number of fused-ring (bicyclic) bond motifs is 7. The first-order chi connectivity index (χ1) is 25.5. The van der Waals surface area contributed by atoms with Crippen LogP contribution in [0, 0.1) is 56.2 Å². The molecule has 0 saturated heterocycles. The summed E-state index contributed by atoms with van der Waals surface area (Å²) in [5.74, 6) is 2.52. The fourth-order valence-corrected chi connectivity index (χ4v) is 15.6. The van der Waals surface area contributed by atoms with Crippen molar-refractivity contribution >= 4 is 5.97 Å². The van der Waals surface area contributed by atoms with Crippen molar-refractivity contribution in [2.75, 3.05) is 0 Å². The molecule has 11 atom stereocenters. The molecule has 5 aliphatic carbocycles. The molecule has 5 aliphatic rings. The number of aliphatic hydroxyl groups excluding tert-OH is 1. The number of ether oxygens (including phenoxy) is 1. The molecule has 0 aromatic heterocycles. The summed E-state index contributed by atoms with van der Waals surface area (Å²) >= 11 is 0. The maximum Gasteiger partial charge on any atom is 0.308 e. The van der Waals surface area contributed by atoms with Crippen LogP contribution in [-0.2, 0) is 9.53 Å². The minimum Gasteiger partial charge on any atom is -0.462 e. The van der Waals surface area contributed by atoms with E-state index in [0.29, 0.717) is 45.8 Å². The minimum atomic E-state index is -0.578. The lowest BCUT2D eigenvalue weighted by molar-refractivity contribution is -0.277. The Kier molecular flexibility index (Phi) is 14.7. The van der Waals surface area contributed by atoms with E-state index in [-0.39, 0.29) is 29.3 Å². The van der Waals surface area contributed by atoms with Crippen molar-refractivity contribution in [3.05, 3.63) is 12.2 Å². The van der Waals surface area contributed by atoms with Crippen molar-refractivity contribution in [3.8, 4) is 0 Å². The Morgan fingerprint density at radius 3 is 1.78 bits per heavy atom. The Morgan fingerprint density at radius 1 is 0.667 bits per heavy atom. The quantitative estimate of drug-likeness (QED) is 0.0766. The lowest BCUT2D eigenvalue weighted by Gasteiger charge is -2.76. The Morgan fingerprint density at radius 2 is 1.20 bits per heavy atom. The molecule has 0 spiro atoms. The number of aliphatic hydroxyl groups is 1. The third kappa shape index (κ3) is 8.49. The molecule has 1 N–H and O–H groups in total. The average molecular weight is 751 g/mol. The number of hydrogen-bond acceptors (Lipinski definition) is 3. The van der Waals surface area contributed by atoms with Crippen LogP contribution in [0.3, 0.4) is 0 Å². The number of carbonyl (C=O) groups excluding carboxylic acids is 1. The molecule has 0 radical (unpaired) electrons. The highest BCUT2D eigenvalue weighted by atomic mass is 16.5. The van der Waals surface area contributed by atoms with Gasteiger partial charge in [-0.2, -0.15) is 0 Å². The summed E-state index contributed by atoms with van der Waals surface area (Å²) in [6.07, 6.45) is 33.2. The first kappa shape index (κ1) is 44.3. The van der Waals surface area contributed by atoms with Gasteiger partial charge in [0.05, 0.1) is 12.5 Å². The average Bonchev–Trinajstić information content (AvgIpc) is 3.48. The lowest BCUT2D eigenvalue weighted by atomic mass is 9.29. The topological polar surface area (TPSA) is 46.5 Å². The molecular weight excluding hydrogens is 661 g/mol. The van der Waals surface area contributed by atoms with Gasteiger partial charge in [-0.1, -0.05) is 164 Å². The molecule has 0 amide bonds. The summed E-state index contributed by atoms with van der Waals surface area (Å²) < 4.78 is 6.37. The van der Waals surface area contributed by atoms with Gasteiger partial charge in [0, 0.05) is 5.41 Å². The second-order valence-electron chi connectivity index (χ2n) is 22.4. The third-order valence-corrected chi connectivity index (χ3v) is 19.0. The van der Waals surface area contributed by atoms with E-state index in [1.165, 1.54) is 140 Å². The fraction of sp³-hybridized carbons (Fsp3) is 0.941. The van der Waals surface area contributed by atoms with E-state index in [1.807, 2.05) is 0 Å². The van der Waals surface area contributed by atoms with Gasteiger partial charge in [0.1, 0.15) is 6.10 Å². The number of carbonyl (C=O) groups is 1. The summed E-state index contributed by atoms with van der Waals surface area (Å²) in [6, 6.07) is 0. The normalized spacial score (nSPS) is 40.2. The molecule has 0 bridgehead atoms. The summed E-state index contributed by atoms with van der Waals surface area (Å²) in [5.41, 5.74) is 3.11. The first-order valence-electron chi connectivity index (χ1n) is 24.0. The van der Waals surface area contributed by atoms with Crippen molar-refractivity contribution in [2.24, 2.45) is 56.2 Å².